The topological polar surface area (TPSA) is 0 Å². The third-order valence-corrected chi connectivity index (χ3v) is 7.30. The lowest BCUT2D eigenvalue weighted by molar-refractivity contribution is 0.455. The number of hydrogen-bond donors (Lipinski definition) is 0. The molecule has 5 atom stereocenters. The van der Waals surface area contributed by atoms with E-state index in [-0.39, 0.29) is 0 Å². The van der Waals surface area contributed by atoms with E-state index in [1.54, 1.807) is 0 Å². The lowest BCUT2D eigenvalue weighted by Crippen LogP contribution is -2.12. The van der Waals surface area contributed by atoms with Crippen molar-refractivity contribution in [2.75, 3.05) is 0 Å². The molecule has 2 bridgehead atoms. The predicted molar refractivity (Wildman–Crippen MR) is 84.2 cm³/mol. The van der Waals surface area contributed by atoms with Crippen molar-refractivity contribution in [1.29, 1.82) is 0 Å². The van der Waals surface area contributed by atoms with Crippen molar-refractivity contribution < 1.29 is 0 Å². The Morgan fingerprint density at radius 1 is 1.11 bits per heavy atom. The summed E-state index contributed by atoms with van der Waals surface area (Å²) in [6.45, 7) is 0. The van der Waals surface area contributed by atoms with E-state index in [2.05, 4.69) is 22.0 Å². The minimum absolute atomic E-state index is 0.614. The molecule has 102 valence electrons. The van der Waals surface area contributed by atoms with E-state index in [4.69, 9.17) is 23.2 Å². The molecule has 3 heteroatoms. The Hall–Kier alpha value is 0.280. The molecule has 0 aliphatic heterocycles. The Kier molecular flexibility index (Phi) is 3.17. The number of alkyl halides is 1. The van der Waals surface area contributed by atoms with Crippen LogP contribution in [0.1, 0.15) is 24.8 Å². The Bertz CT molecular complexity index is 499. The summed E-state index contributed by atoms with van der Waals surface area (Å²) < 4.78 is 0. The standard InChI is InChI=1S/C16H17BrCl2/c17-11(5-8-1-4-12(18)13(19)6-8)16-14-9-2-3-10(7-9)15(14)16/h1,4,6,9-11,14-16H,2-3,5,7H2. The van der Waals surface area contributed by atoms with E-state index >= 15 is 0 Å². The van der Waals surface area contributed by atoms with Crippen LogP contribution >= 0.6 is 39.1 Å². The van der Waals surface area contributed by atoms with Gasteiger partial charge in [-0.25, -0.2) is 0 Å². The molecule has 3 aliphatic rings. The quantitative estimate of drug-likeness (QED) is 0.617. The number of halogens is 3. The molecule has 0 nitrogen and oxygen atoms in total. The molecule has 19 heavy (non-hydrogen) atoms. The van der Waals surface area contributed by atoms with Crippen molar-refractivity contribution in [2.45, 2.75) is 30.5 Å². The van der Waals surface area contributed by atoms with E-state index in [0.29, 0.717) is 14.9 Å². The van der Waals surface area contributed by atoms with Crippen molar-refractivity contribution in [3.8, 4) is 0 Å². The number of hydrogen-bond acceptors (Lipinski definition) is 0. The van der Waals surface area contributed by atoms with Gasteiger partial charge in [-0.15, -0.1) is 0 Å². The Morgan fingerprint density at radius 3 is 2.42 bits per heavy atom. The molecular formula is C16H17BrCl2. The van der Waals surface area contributed by atoms with Crippen LogP contribution in [0.5, 0.6) is 0 Å². The van der Waals surface area contributed by atoms with Crippen LogP contribution in [0.25, 0.3) is 0 Å². The van der Waals surface area contributed by atoms with Crippen LogP contribution in [-0.2, 0) is 6.42 Å². The van der Waals surface area contributed by atoms with Crippen LogP contribution in [0.15, 0.2) is 18.2 Å². The normalized spacial score (nSPS) is 40.3. The van der Waals surface area contributed by atoms with Crippen LogP contribution in [0.4, 0.5) is 0 Å². The van der Waals surface area contributed by atoms with Crippen LogP contribution in [-0.4, -0.2) is 4.83 Å². The molecule has 0 heterocycles. The van der Waals surface area contributed by atoms with E-state index in [1.165, 1.54) is 24.8 Å². The Labute approximate surface area is 133 Å². The average Bonchev–Trinajstić information content (AvgIpc) is 2.83. The maximum absolute atomic E-state index is 6.10. The summed E-state index contributed by atoms with van der Waals surface area (Å²) in [5.41, 5.74) is 1.30. The molecule has 0 amide bonds. The van der Waals surface area contributed by atoms with Gasteiger partial charge in [-0.3, -0.25) is 0 Å². The van der Waals surface area contributed by atoms with Gasteiger partial charge in [0.05, 0.1) is 10.0 Å². The first kappa shape index (κ1) is 13.0. The lowest BCUT2D eigenvalue weighted by Gasteiger charge is -2.15. The van der Waals surface area contributed by atoms with E-state index < -0.39 is 0 Å². The third-order valence-electron chi connectivity index (χ3n) is 5.63. The molecule has 4 rings (SSSR count). The highest BCUT2D eigenvalue weighted by molar-refractivity contribution is 9.09. The lowest BCUT2D eigenvalue weighted by atomic mass is 9.97. The highest BCUT2D eigenvalue weighted by atomic mass is 79.9. The number of benzene rings is 1. The maximum atomic E-state index is 6.10. The van der Waals surface area contributed by atoms with Gasteiger partial charge in [-0.05, 0) is 73.0 Å². The molecule has 3 fully saturated rings. The fraction of sp³-hybridized carbons (Fsp3) is 0.625. The van der Waals surface area contributed by atoms with Crippen LogP contribution in [0, 0.1) is 29.6 Å². The molecule has 0 spiro atoms. The predicted octanol–water partition coefficient (Wildman–Crippen LogP) is 5.59. The van der Waals surface area contributed by atoms with Crippen molar-refractivity contribution in [1.82, 2.24) is 0 Å². The number of rotatable bonds is 3. The smallest absolute Gasteiger partial charge is 0.0595 e. The zero-order valence-corrected chi connectivity index (χ0v) is 13.8. The van der Waals surface area contributed by atoms with Crippen LogP contribution < -0.4 is 0 Å². The molecule has 3 aliphatic carbocycles. The van der Waals surface area contributed by atoms with Crippen molar-refractivity contribution >= 4 is 39.1 Å². The van der Waals surface area contributed by atoms with Gasteiger partial charge < -0.3 is 0 Å². The highest BCUT2D eigenvalue weighted by Gasteiger charge is 2.66. The second-order valence-electron chi connectivity index (χ2n) is 6.53. The van der Waals surface area contributed by atoms with Gasteiger partial charge in [-0.1, -0.05) is 45.2 Å². The summed E-state index contributed by atoms with van der Waals surface area (Å²) in [5.74, 6) is 5.08. The monoisotopic (exact) mass is 358 g/mol. The summed E-state index contributed by atoms with van der Waals surface area (Å²) in [6, 6.07) is 6.04. The summed E-state index contributed by atoms with van der Waals surface area (Å²) in [4.78, 5) is 0.614. The number of fused-ring (bicyclic) bond motifs is 5. The summed E-state index contributed by atoms with van der Waals surface area (Å²) in [7, 11) is 0. The molecule has 0 saturated heterocycles. The third kappa shape index (κ3) is 2.08. The van der Waals surface area contributed by atoms with Gasteiger partial charge in [0, 0.05) is 4.83 Å². The van der Waals surface area contributed by atoms with Gasteiger partial charge in [0.1, 0.15) is 0 Å². The van der Waals surface area contributed by atoms with Gasteiger partial charge in [0.2, 0.25) is 0 Å². The van der Waals surface area contributed by atoms with Crippen LogP contribution in [0.2, 0.25) is 10.0 Å². The zero-order valence-electron chi connectivity index (χ0n) is 10.7. The molecule has 3 saturated carbocycles. The summed E-state index contributed by atoms with van der Waals surface area (Å²) in [5, 5.41) is 1.33. The molecule has 1 aromatic rings. The first-order chi connectivity index (χ1) is 9.15. The highest BCUT2D eigenvalue weighted by Crippen LogP contribution is 2.71. The van der Waals surface area contributed by atoms with Gasteiger partial charge >= 0.3 is 0 Å². The van der Waals surface area contributed by atoms with E-state index in [0.717, 1.165) is 36.0 Å². The first-order valence-corrected chi connectivity index (χ1v) is 8.90. The fourth-order valence-corrected chi connectivity index (χ4v) is 6.30. The van der Waals surface area contributed by atoms with Crippen molar-refractivity contribution in [3.63, 3.8) is 0 Å². The van der Waals surface area contributed by atoms with Gasteiger partial charge in [-0.2, -0.15) is 0 Å². The van der Waals surface area contributed by atoms with Crippen LogP contribution in [0.3, 0.4) is 0 Å². The minimum Gasteiger partial charge on any atom is -0.0884 e. The molecule has 0 N–H and O–H groups in total. The van der Waals surface area contributed by atoms with Gasteiger partial charge in [0.15, 0.2) is 0 Å². The molecule has 0 aromatic heterocycles. The second kappa shape index (κ2) is 4.64. The van der Waals surface area contributed by atoms with Crippen molar-refractivity contribution in [3.05, 3.63) is 33.8 Å². The molecule has 1 aromatic carbocycles. The van der Waals surface area contributed by atoms with Crippen molar-refractivity contribution in [2.24, 2.45) is 29.6 Å². The maximum Gasteiger partial charge on any atom is 0.0595 e. The summed E-state index contributed by atoms with van der Waals surface area (Å²) >= 11 is 16.0. The van der Waals surface area contributed by atoms with E-state index in [1.807, 2.05) is 12.1 Å². The zero-order chi connectivity index (χ0) is 13.1. The molecular weight excluding hydrogens is 343 g/mol. The molecule has 5 unspecified atom stereocenters. The molecule has 0 radical (unpaired) electrons. The summed E-state index contributed by atoms with van der Waals surface area (Å²) in [6.07, 6.45) is 5.59. The Balaban J connectivity index is 1.45. The SMILES string of the molecule is Clc1ccc(CC(Br)C2C3C4CCC(C4)C23)cc1Cl. The Morgan fingerprint density at radius 2 is 1.79 bits per heavy atom. The van der Waals surface area contributed by atoms with E-state index in [9.17, 15) is 0 Å². The fourth-order valence-electron chi connectivity index (χ4n) is 4.90. The second-order valence-corrected chi connectivity index (χ2v) is 8.52. The largest absolute Gasteiger partial charge is 0.0884 e. The first-order valence-electron chi connectivity index (χ1n) is 7.23. The van der Waals surface area contributed by atoms with Gasteiger partial charge in [0.25, 0.3) is 0 Å². The minimum atomic E-state index is 0.614. The average molecular weight is 360 g/mol.